The molecule has 30 heavy (non-hydrogen) atoms. The van der Waals surface area contributed by atoms with E-state index in [1.165, 1.54) is 16.7 Å². The molecule has 4 nitrogen and oxygen atoms in total. The van der Waals surface area contributed by atoms with E-state index in [1.54, 1.807) is 7.11 Å². The van der Waals surface area contributed by atoms with Crippen LogP contribution in [0.4, 0.5) is 0 Å². The van der Waals surface area contributed by atoms with Crippen molar-refractivity contribution in [2.45, 2.75) is 32.4 Å². The molecule has 1 heterocycles. The van der Waals surface area contributed by atoms with Crippen LogP contribution in [0.2, 0.25) is 0 Å². The van der Waals surface area contributed by atoms with Crippen molar-refractivity contribution in [1.82, 2.24) is 9.13 Å². The standard InChI is InChI=1S/C26H29N3O/c1-19-13-15-21(16-14-19)17-23(18-30-3)29-25-12-8-7-11-24(25)28(26(29)27)20(2)22-9-5-4-6-10-22/h4-16,20,23,27H,17-18H2,1-3H3/t20-,23-/m0/s1. The number of rotatable bonds is 7. The predicted molar refractivity (Wildman–Crippen MR) is 122 cm³/mol. The fourth-order valence-electron chi connectivity index (χ4n) is 4.27. The Morgan fingerprint density at radius 3 is 2.07 bits per heavy atom. The van der Waals surface area contributed by atoms with Gasteiger partial charge in [-0.05, 0) is 43.5 Å². The minimum Gasteiger partial charge on any atom is -0.383 e. The van der Waals surface area contributed by atoms with Crippen LogP contribution in [0.1, 0.15) is 35.7 Å². The van der Waals surface area contributed by atoms with E-state index >= 15 is 0 Å². The average Bonchev–Trinajstić information content (AvgIpc) is 3.07. The Hall–Kier alpha value is -3.11. The van der Waals surface area contributed by atoms with Crippen LogP contribution in [-0.4, -0.2) is 22.9 Å². The van der Waals surface area contributed by atoms with Crippen molar-refractivity contribution < 1.29 is 4.74 Å². The number of nitrogens with one attached hydrogen (secondary N) is 1. The highest BCUT2D eigenvalue weighted by Gasteiger charge is 2.22. The van der Waals surface area contributed by atoms with Crippen molar-refractivity contribution in [2.24, 2.45) is 0 Å². The van der Waals surface area contributed by atoms with Crippen LogP contribution in [0.25, 0.3) is 11.0 Å². The molecule has 0 spiro atoms. The molecule has 0 aliphatic carbocycles. The molecule has 0 saturated carbocycles. The van der Waals surface area contributed by atoms with Gasteiger partial charge in [-0.2, -0.15) is 0 Å². The minimum absolute atomic E-state index is 0.0410. The topological polar surface area (TPSA) is 42.9 Å². The summed E-state index contributed by atoms with van der Waals surface area (Å²) >= 11 is 0. The van der Waals surface area contributed by atoms with Crippen molar-refractivity contribution >= 4 is 11.0 Å². The first-order chi connectivity index (χ1) is 14.6. The van der Waals surface area contributed by atoms with Gasteiger partial charge in [0.2, 0.25) is 5.62 Å². The molecule has 1 N–H and O–H groups in total. The van der Waals surface area contributed by atoms with Gasteiger partial charge in [0.05, 0.1) is 29.7 Å². The molecule has 4 aromatic rings. The number of aromatic nitrogens is 2. The van der Waals surface area contributed by atoms with Gasteiger partial charge < -0.3 is 13.9 Å². The second-order valence-electron chi connectivity index (χ2n) is 7.94. The van der Waals surface area contributed by atoms with Crippen molar-refractivity contribution in [3.63, 3.8) is 0 Å². The second-order valence-corrected chi connectivity index (χ2v) is 7.94. The van der Waals surface area contributed by atoms with Crippen molar-refractivity contribution in [1.29, 1.82) is 5.41 Å². The molecule has 0 radical (unpaired) electrons. The molecule has 1 aromatic heterocycles. The van der Waals surface area contributed by atoms with E-state index in [0.29, 0.717) is 12.2 Å². The summed E-state index contributed by atoms with van der Waals surface area (Å²) in [6, 6.07) is 27.5. The molecule has 3 aromatic carbocycles. The highest BCUT2D eigenvalue weighted by molar-refractivity contribution is 5.76. The first-order valence-electron chi connectivity index (χ1n) is 10.5. The van der Waals surface area contributed by atoms with Gasteiger partial charge in [0.15, 0.2) is 0 Å². The van der Waals surface area contributed by atoms with Crippen LogP contribution in [0.15, 0.2) is 78.9 Å². The van der Waals surface area contributed by atoms with Crippen LogP contribution < -0.4 is 5.62 Å². The molecule has 0 aliphatic rings. The van der Waals surface area contributed by atoms with E-state index in [2.05, 4.69) is 83.6 Å². The Kier molecular flexibility index (Phi) is 5.86. The molecule has 0 unspecified atom stereocenters. The van der Waals surface area contributed by atoms with E-state index in [4.69, 9.17) is 10.1 Å². The maximum Gasteiger partial charge on any atom is 0.203 e. The highest BCUT2D eigenvalue weighted by atomic mass is 16.5. The number of hydrogen-bond donors (Lipinski definition) is 1. The summed E-state index contributed by atoms with van der Waals surface area (Å²) in [4.78, 5) is 0. The molecule has 0 fully saturated rings. The first kappa shape index (κ1) is 20.2. The normalized spacial score (nSPS) is 13.4. The highest BCUT2D eigenvalue weighted by Crippen LogP contribution is 2.26. The summed E-state index contributed by atoms with van der Waals surface area (Å²) in [5, 5.41) is 9.13. The minimum atomic E-state index is 0.0410. The monoisotopic (exact) mass is 399 g/mol. The number of hydrogen-bond acceptors (Lipinski definition) is 2. The lowest BCUT2D eigenvalue weighted by molar-refractivity contribution is 0.154. The van der Waals surface area contributed by atoms with Gasteiger partial charge in [-0.3, -0.25) is 5.41 Å². The van der Waals surface area contributed by atoms with Crippen molar-refractivity contribution in [3.8, 4) is 0 Å². The maximum absolute atomic E-state index is 9.13. The molecule has 0 aliphatic heterocycles. The Morgan fingerprint density at radius 1 is 0.833 bits per heavy atom. The number of imidazole rings is 1. The van der Waals surface area contributed by atoms with Crippen LogP contribution in [0.3, 0.4) is 0 Å². The molecule has 154 valence electrons. The summed E-state index contributed by atoms with van der Waals surface area (Å²) in [5.74, 6) is 0. The maximum atomic E-state index is 9.13. The van der Waals surface area contributed by atoms with Crippen LogP contribution >= 0.6 is 0 Å². The Morgan fingerprint density at radius 2 is 1.43 bits per heavy atom. The zero-order valence-corrected chi connectivity index (χ0v) is 17.9. The van der Waals surface area contributed by atoms with E-state index in [9.17, 15) is 0 Å². The Labute approximate surface area is 177 Å². The summed E-state index contributed by atoms with van der Waals surface area (Å²) in [5.41, 5.74) is 6.34. The van der Waals surface area contributed by atoms with E-state index in [1.807, 2.05) is 18.2 Å². The number of para-hydroxylation sites is 2. The van der Waals surface area contributed by atoms with E-state index in [0.717, 1.165) is 17.5 Å². The zero-order chi connectivity index (χ0) is 21.1. The third kappa shape index (κ3) is 3.83. The van der Waals surface area contributed by atoms with Gasteiger partial charge in [0.25, 0.3) is 0 Å². The van der Waals surface area contributed by atoms with Crippen LogP contribution in [0, 0.1) is 12.3 Å². The zero-order valence-electron chi connectivity index (χ0n) is 17.9. The lowest BCUT2D eigenvalue weighted by atomic mass is 10.0. The van der Waals surface area contributed by atoms with Gasteiger partial charge in [-0.1, -0.05) is 72.3 Å². The van der Waals surface area contributed by atoms with E-state index < -0.39 is 0 Å². The molecule has 0 bridgehead atoms. The molecule has 4 rings (SSSR count). The van der Waals surface area contributed by atoms with Gasteiger partial charge in [-0.15, -0.1) is 0 Å². The number of nitrogens with zero attached hydrogens (tertiary/aromatic N) is 2. The number of aryl methyl sites for hydroxylation is 1. The second kappa shape index (κ2) is 8.72. The van der Waals surface area contributed by atoms with Crippen LogP contribution in [-0.2, 0) is 11.2 Å². The van der Waals surface area contributed by atoms with Crippen molar-refractivity contribution in [3.05, 3.63) is 101 Å². The number of methoxy groups -OCH3 is 1. The lowest BCUT2D eigenvalue weighted by Gasteiger charge is -2.20. The smallest absolute Gasteiger partial charge is 0.203 e. The van der Waals surface area contributed by atoms with Crippen molar-refractivity contribution in [2.75, 3.05) is 13.7 Å². The van der Waals surface area contributed by atoms with Gasteiger partial charge in [0, 0.05) is 7.11 Å². The molecule has 0 saturated heterocycles. The lowest BCUT2D eigenvalue weighted by Crippen LogP contribution is -2.32. The summed E-state index contributed by atoms with van der Waals surface area (Å²) < 4.78 is 9.86. The SMILES string of the molecule is COC[C@H](Cc1ccc(C)cc1)n1c(=N)n([C@@H](C)c2ccccc2)c2ccccc21. The predicted octanol–water partition coefficient (Wildman–Crippen LogP) is 5.27. The number of ether oxygens (including phenoxy) is 1. The van der Waals surface area contributed by atoms with Gasteiger partial charge in [0.1, 0.15) is 0 Å². The molecule has 2 atom stereocenters. The fourth-order valence-corrected chi connectivity index (χ4v) is 4.27. The summed E-state index contributed by atoms with van der Waals surface area (Å²) in [6.07, 6.45) is 0.818. The molecule has 4 heteroatoms. The van der Waals surface area contributed by atoms with Crippen LogP contribution in [0.5, 0.6) is 0 Å². The Bertz CT molecular complexity index is 1170. The molecule has 0 amide bonds. The summed E-state index contributed by atoms with van der Waals surface area (Å²) in [6.45, 7) is 4.82. The first-order valence-corrected chi connectivity index (χ1v) is 10.5. The Balaban J connectivity index is 1.84. The van der Waals surface area contributed by atoms with E-state index in [-0.39, 0.29) is 12.1 Å². The summed E-state index contributed by atoms with van der Waals surface area (Å²) in [7, 11) is 1.73. The van der Waals surface area contributed by atoms with Gasteiger partial charge in [-0.25, -0.2) is 0 Å². The fraction of sp³-hybridized carbons (Fsp3) is 0.269. The van der Waals surface area contributed by atoms with Gasteiger partial charge >= 0.3 is 0 Å². The largest absolute Gasteiger partial charge is 0.383 e. The third-order valence-corrected chi connectivity index (χ3v) is 5.84. The number of fused-ring (bicyclic) bond motifs is 1. The number of benzene rings is 3. The molecular formula is C26H29N3O. The quantitative estimate of drug-likeness (QED) is 0.452. The average molecular weight is 400 g/mol. The third-order valence-electron chi connectivity index (χ3n) is 5.84. The molecular weight excluding hydrogens is 370 g/mol.